The molecule has 0 radical (unpaired) electrons. The smallest absolute Gasteiger partial charge is 0.220 e. The minimum atomic E-state index is -0.130. The largest absolute Gasteiger partial charge is 0.369 e. The fraction of sp³-hybridized carbons (Fsp3) is 0.833. The number of primary amides is 1. The third kappa shape index (κ3) is 6.17. The molecule has 0 atom stereocenters. The van der Waals surface area contributed by atoms with Crippen molar-refractivity contribution < 1.29 is 4.79 Å². The van der Waals surface area contributed by atoms with Gasteiger partial charge in [0.15, 0.2) is 0 Å². The molecule has 0 aromatic rings. The first-order chi connectivity index (χ1) is 4.72. The quantitative estimate of drug-likeness (QED) is 0.646. The number of alkyl halides is 2. The fourth-order valence-electron chi connectivity index (χ4n) is 0.368. The van der Waals surface area contributed by atoms with E-state index in [1.54, 1.807) is 0 Å². The number of hydrogen-bond donors (Lipinski definition) is 1. The van der Waals surface area contributed by atoms with Crippen LogP contribution in [-0.4, -0.2) is 17.7 Å². The van der Waals surface area contributed by atoms with Crippen LogP contribution in [0.2, 0.25) is 0 Å². The van der Waals surface area contributed by atoms with Gasteiger partial charge >= 0.3 is 0 Å². The van der Waals surface area contributed by atoms with Crippen LogP contribution in [0.25, 0.3) is 0 Å². The molecule has 0 spiro atoms. The lowest BCUT2D eigenvalue weighted by Gasteiger charge is -1.77. The Kier molecular flexibility index (Phi) is 5.84. The van der Waals surface area contributed by atoms with E-state index in [0.29, 0.717) is 11.8 Å². The number of carbonyl (C=O) groups excluding carboxylic acids is 1. The highest BCUT2D eigenvalue weighted by Crippen LogP contribution is 2.27. The molecule has 1 amide bonds. The average Bonchev–Trinajstić information content (AvgIpc) is 2.69. The van der Waals surface area contributed by atoms with E-state index in [4.69, 9.17) is 28.9 Å². The summed E-state index contributed by atoms with van der Waals surface area (Å²) in [4.78, 5) is 9.98. The van der Waals surface area contributed by atoms with Gasteiger partial charge in [0.2, 0.25) is 5.91 Å². The zero-order chi connectivity index (χ0) is 7.98. The van der Waals surface area contributed by atoms with Crippen molar-refractivity contribution in [2.24, 2.45) is 11.7 Å². The summed E-state index contributed by atoms with van der Waals surface area (Å²) in [5.74, 6) is 1.23. The van der Waals surface area contributed by atoms with Crippen molar-refractivity contribution in [3.8, 4) is 0 Å². The Morgan fingerprint density at radius 2 is 1.80 bits per heavy atom. The average molecular weight is 184 g/mol. The lowest BCUT2D eigenvalue weighted by Crippen LogP contribution is -2.11. The summed E-state index contributed by atoms with van der Waals surface area (Å²) in [5.41, 5.74) is 4.86. The second kappa shape index (κ2) is 5.81. The van der Waals surface area contributed by atoms with Gasteiger partial charge in [-0.1, -0.05) is 0 Å². The van der Waals surface area contributed by atoms with Gasteiger partial charge in [-0.05, 0) is 12.8 Å². The van der Waals surface area contributed by atoms with Crippen molar-refractivity contribution in [2.45, 2.75) is 12.8 Å². The normalized spacial score (nSPS) is 15.4. The molecule has 0 bridgehead atoms. The summed E-state index contributed by atoms with van der Waals surface area (Å²) in [7, 11) is 0. The Bertz CT molecular complexity index is 102. The molecule has 0 aromatic heterocycles. The predicted octanol–water partition coefficient (Wildman–Crippen LogP) is 1.35. The molecule has 0 saturated heterocycles. The standard InChI is InChI=1S/C4H7NO.C2H4Cl2/c5-4(6)3-1-2-3;3-1-2-4/h3H,1-2H2,(H2,5,6);1-2H2. The molecule has 2 N–H and O–H groups in total. The Balaban J connectivity index is 0.000000180. The Hall–Kier alpha value is 0.0500. The van der Waals surface area contributed by atoms with Crippen LogP contribution in [0, 0.1) is 5.92 Å². The van der Waals surface area contributed by atoms with Crippen LogP contribution in [0.5, 0.6) is 0 Å². The van der Waals surface area contributed by atoms with Gasteiger partial charge in [0.05, 0.1) is 0 Å². The van der Waals surface area contributed by atoms with E-state index >= 15 is 0 Å². The summed E-state index contributed by atoms with van der Waals surface area (Å²) in [6.45, 7) is 0. The van der Waals surface area contributed by atoms with Crippen molar-refractivity contribution in [3.05, 3.63) is 0 Å². The summed E-state index contributed by atoms with van der Waals surface area (Å²) in [6, 6.07) is 0. The van der Waals surface area contributed by atoms with Crippen LogP contribution >= 0.6 is 23.2 Å². The molecule has 4 heteroatoms. The van der Waals surface area contributed by atoms with Crippen LogP contribution in [-0.2, 0) is 4.79 Å². The van der Waals surface area contributed by atoms with Crippen molar-refractivity contribution in [2.75, 3.05) is 11.8 Å². The van der Waals surface area contributed by atoms with Crippen LogP contribution in [0.15, 0.2) is 0 Å². The maximum atomic E-state index is 9.98. The third-order valence-corrected chi connectivity index (χ3v) is 1.62. The van der Waals surface area contributed by atoms with Gasteiger partial charge in [0.25, 0.3) is 0 Å². The third-order valence-electron chi connectivity index (χ3n) is 1.05. The summed E-state index contributed by atoms with van der Waals surface area (Å²) in [5, 5.41) is 0. The van der Waals surface area contributed by atoms with E-state index in [1.807, 2.05) is 0 Å². The summed E-state index contributed by atoms with van der Waals surface area (Å²) in [6.07, 6.45) is 2.05. The minimum absolute atomic E-state index is 0.130. The molecule has 0 unspecified atom stereocenters. The summed E-state index contributed by atoms with van der Waals surface area (Å²) < 4.78 is 0. The molecule has 1 aliphatic rings. The summed E-state index contributed by atoms with van der Waals surface area (Å²) >= 11 is 10.1. The monoisotopic (exact) mass is 183 g/mol. The number of carbonyl (C=O) groups is 1. The number of amides is 1. The van der Waals surface area contributed by atoms with Crippen LogP contribution in [0.1, 0.15) is 12.8 Å². The second-order valence-corrected chi connectivity index (χ2v) is 2.81. The van der Waals surface area contributed by atoms with E-state index in [2.05, 4.69) is 0 Å². The van der Waals surface area contributed by atoms with E-state index in [1.165, 1.54) is 0 Å². The van der Waals surface area contributed by atoms with E-state index < -0.39 is 0 Å². The zero-order valence-corrected chi connectivity index (χ0v) is 7.16. The molecule has 0 aliphatic heterocycles. The lowest BCUT2D eigenvalue weighted by molar-refractivity contribution is -0.119. The highest BCUT2D eigenvalue weighted by atomic mass is 35.5. The highest BCUT2D eigenvalue weighted by Gasteiger charge is 2.26. The molecular weight excluding hydrogens is 173 g/mol. The molecule has 1 saturated carbocycles. The Labute approximate surface area is 70.7 Å². The van der Waals surface area contributed by atoms with E-state index in [0.717, 1.165) is 12.8 Å². The van der Waals surface area contributed by atoms with Crippen LogP contribution < -0.4 is 5.73 Å². The van der Waals surface area contributed by atoms with Gasteiger partial charge in [-0.25, -0.2) is 0 Å². The lowest BCUT2D eigenvalue weighted by atomic mass is 10.4. The maximum absolute atomic E-state index is 9.98. The van der Waals surface area contributed by atoms with Gasteiger partial charge in [0, 0.05) is 17.7 Å². The molecule has 0 aromatic carbocycles. The Morgan fingerprint density at radius 1 is 1.40 bits per heavy atom. The van der Waals surface area contributed by atoms with E-state index in [9.17, 15) is 4.79 Å². The van der Waals surface area contributed by atoms with Gasteiger partial charge in [-0.3, -0.25) is 4.79 Å². The van der Waals surface area contributed by atoms with Crippen molar-refractivity contribution in [1.29, 1.82) is 0 Å². The van der Waals surface area contributed by atoms with Crippen LogP contribution in [0.4, 0.5) is 0 Å². The first kappa shape index (κ1) is 10.0. The predicted molar refractivity (Wildman–Crippen MR) is 43.4 cm³/mol. The SMILES string of the molecule is ClCCCl.NC(=O)C1CC1. The topological polar surface area (TPSA) is 43.1 Å². The molecule has 1 aliphatic carbocycles. The van der Waals surface area contributed by atoms with Crippen molar-refractivity contribution >= 4 is 29.1 Å². The molecule has 2 nitrogen and oxygen atoms in total. The molecule has 0 heterocycles. The molecule has 60 valence electrons. The maximum Gasteiger partial charge on any atom is 0.220 e. The fourth-order valence-corrected chi connectivity index (χ4v) is 0.368. The molecule has 1 rings (SSSR count). The number of halogens is 2. The van der Waals surface area contributed by atoms with Crippen LogP contribution in [0.3, 0.4) is 0 Å². The van der Waals surface area contributed by atoms with Gasteiger partial charge in [0.1, 0.15) is 0 Å². The minimum Gasteiger partial charge on any atom is -0.369 e. The van der Waals surface area contributed by atoms with Crippen molar-refractivity contribution in [1.82, 2.24) is 0 Å². The first-order valence-electron chi connectivity index (χ1n) is 3.13. The van der Waals surface area contributed by atoms with Crippen molar-refractivity contribution in [3.63, 3.8) is 0 Å². The zero-order valence-electron chi connectivity index (χ0n) is 5.65. The van der Waals surface area contributed by atoms with Gasteiger partial charge < -0.3 is 5.73 Å². The second-order valence-electron chi connectivity index (χ2n) is 2.05. The van der Waals surface area contributed by atoms with E-state index in [-0.39, 0.29) is 11.8 Å². The number of nitrogens with two attached hydrogens (primary N) is 1. The molecule has 1 fully saturated rings. The number of hydrogen-bond acceptors (Lipinski definition) is 1. The molecule has 10 heavy (non-hydrogen) atoms. The number of rotatable bonds is 2. The molecular formula is C6H11Cl2NO. The highest BCUT2D eigenvalue weighted by molar-refractivity contribution is 6.25. The van der Waals surface area contributed by atoms with Gasteiger partial charge in [-0.2, -0.15) is 0 Å². The van der Waals surface area contributed by atoms with Gasteiger partial charge in [-0.15, -0.1) is 23.2 Å². The Morgan fingerprint density at radius 3 is 1.80 bits per heavy atom. The first-order valence-corrected chi connectivity index (χ1v) is 4.20.